The zero-order valence-electron chi connectivity index (χ0n) is 43.0. The van der Waals surface area contributed by atoms with Crippen molar-refractivity contribution in [1.29, 1.82) is 0 Å². The van der Waals surface area contributed by atoms with Gasteiger partial charge in [-0.2, -0.15) is 0 Å². The summed E-state index contributed by atoms with van der Waals surface area (Å²) < 4.78 is 16.8. The molecule has 0 aromatic rings. The van der Waals surface area contributed by atoms with E-state index in [1.807, 2.05) is 0 Å². The first-order valence-electron chi connectivity index (χ1n) is 27.8. The van der Waals surface area contributed by atoms with E-state index in [0.29, 0.717) is 19.3 Å². The molecule has 0 spiro atoms. The fourth-order valence-corrected chi connectivity index (χ4v) is 7.84. The molecule has 1 unspecified atom stereocenters. The molecule has 0 heterocycles. The minimum absolute atomic E-state index is 0.0854. The van der Waals surface area contributed by atoms with Crippen LogP contribution in [0.4, 0.5) is 0 Å². The van der Waals surface area contributed by atoms with E-state index in [-0.39, 0.29) is 31.1 Å². The molecule has 0 fully saturated rings. The predicted octanol–water partition coefficient (Wildman–Crippen LogP) is 18.4. The average molecular weight is 909 g/mol. The van der Waals surface area contributed by atoms with Crippen LogP contribution in [0.1, 0.15) is 278 Å². The third-order valence-electron chi connectivity index (χ3n) is 12.0. The van der Waals surface area contributed by atoms with Gasteiger partial charge in [0, 0.05) is 19.3 Å². The number of carbonyl (C=O) groups excluding carboxylic acids is 3. The van der Waals surface area contributed by atoms with E-state index in [9.17, 15) is 14.4 Å². The first-order chi connectivity index (χ1) is 32.0. The van der Waals surface area contributed by atoms with Gasteiger partial charge in [0.25, 0.3) is 0 Å². The van der Waals surface area contributed by atoms with Gasteiger partial charge in [0.2, 0.25) is 0 Å². The molecule has 65 heavy (non-hydrogen) atoms. The van der Waals surface area contributed by atoms with Gasteiger partial charge < -0.3 is 14.2 Å². The third kappa shape index (κ3) is 51.9. The van der Waals surface area contributed by atoms with E-state index >= 15 is 0 Å². The molecule has 0 aliphatic rings. The number of unbranched alkanes of at least 4 members (excludes halogenated alkanes) is 29. The molecule has 0 saturated heterocycles. The number of carbonyl (C=O) groups is 3. The summed E-state index contributed by atoms with van der Waals surface area (Å²) in [7, 11) is 0. The van der Waals surface area contributed by atoms with Crippen molar-refractivity contribution in [3.05, 3.63) is 60.8 Å². The first kappa shape index (κ1) is 62.1. The normalized spacial score (nSPS) is 12.5. The Morgan fingerprint density at radius 3 is 0.969 bits per heavy atom. The van der Waals surface area contributed by atoms with Gasteiger partial charge in [-0.05, 0) is 83.5 Å². The lowest BCUT2D eigenvalue weighted by molar-refractivity contribution is -0.167. The molecule has 6 nitrogen and oxygen atoms in total. The van der Waals surface area contributed by atoms with Crippen LogP contribution in [0.3, 0.4) is 0 Å². The summed E-state index contributed by atoms with van der Waals surface area (Å²) in [5.41, 5.74) is 0. The van der Waals surface area contributed by atoms with Crippen LogP contribution in [0.2, 0.25) is 0 Å². The maximum atomic E-state index is 12.8. The topological polar surface area (TPSA) is 78.9 Å². The summed E-state index contributed by atoms with van der Waals surface area (Å²) in [5, 5.41) is 0. The maximum Gasteiger partial charge on any atom is 0.306 e. The second-order valence-corrected chi connectivity index (χ2v) is 18.5. The van der Waals surface area contributed by atoms with Crippen LogP contribution in [0, 0.1) is 0 Å². The van der Waals surface area contributed by atoms with E-state index in [4.69, 9.17) is 14.2 Å². The smallest absolute Gasteiger partial charge is 0.306 e. The summed E-state index contributed by atoms with van der Waals surface area (Å²) in [5.74, 6) is -0.916. The van der Waals surface area contributed by atoms with Gasteiger partial charge in [0.05, 0.1) is 0 Å². The standard InChI is InChI=1S/C59H104O6/c1-4-7-10-13-16-19-22-25-28-31-34-37-40-43-46-49-52-58(61)64-55-56(54-63-57(60)51-48-45-42-39-36-33-30-27-24-21-18-15-12-9-6-3)65-59(62)53-50-47-44-41-38-35-32-29-26-23-20-17-14-11-8-5-2/h7,10,16,19,25,28-29,32,34,37,56H,4-6,8-9,11-15,17-18,20-24,26-27,30-31,33,35-36,38-55H2,1-3H3/b10-7-,19-16-,28-25-,32-29-,37-34-. The molecule has 0 rings (SSSR count). The lowest BCUT2D eigenvalue weighted by Gasteiger charge is -2.18. The lowest BCUT2D eigenvalue weighted by Crippen LogP contribution is -2.30. The highest BCUT2D eigenvalue weighted by molar-refractivity contribution is 5.71. The van der Waals surface area contributed by atoms with Crippen LogP contribution in [-0.4, -0.2) is 37.2 Å². The Morgan fingerprint density at radius 1 is 0.323 bits per heavy atom. The zero-order valence-corrected chi connectivity index (χ0v) is 43.0. The van der Waals surface area contributed by atoms with Crippen LogP contribution >= 0.6 is 0 Å². The molecule has 0 aromatic carbocycles. The summed E-state index contributed by atoms with van der Waals surface area (Å²) in [4.78, 5) is 38.1. The monoisotopic (exact) mass is 909 g/mol. The second kappa shape index (κ2) is 53.7. The summed E-state index contributed by atoms with van der Waals surface area (Å²) in [6.45, 7) is 6.51. The minimum Gasteiger partial charge on any atom is -0.462 e. The van der Waals surface area contributed by atoms with E-state index in [0.717, 1.165) is 103 Å². The van der Waals surface area contributed by atoms with Crippen LogP contribution in [0.15, 0.2) is 60.8 Å². The van der Waals surface area contributed by atoms with Crippen molar-refractivity contribution >= 4 is 17.9 Å². The molecule has 0 N–H and O–H groups in total. The van der Waals surface area contributed by atoms with Gasteiger partial charge in [-0.3, -0.25) is 14.4 Å². The highest BCUT2D eigenvalue weighted by atomic mass is 16.6. The number of allylic oxidation sites excluding steroid dienone is 10. The van der Waals surface area contributed by atoms with E-state index < -0.39 is 6.10 Å². The van der Waals surface area contributed by atoms with Crippen molar-refractivity contribution in [1.82, 2.24) is 0 Å². The Hall–Kier alpha value is -2.89. The molecule has 0 amide bonds. The molecule has 1 atom stereocenters. The highest BCUT2D eigenvalue weighted by Gasteiger charge is 2.19. The van der Waals surface area contributed by atoms with Crippen molar-refractivity contribution in [2.24, 2.45) is 0 Å². The van der Waals surface area contributed by atoms with Gasteiger partial charge in [-0.15, -0.1) is 0 Å². The molecule has 0 aliphatic heterocycles. The number of ether oxygens (including phenoxy) is 3. The number of hydrogen-bond donors (Lipinski definition) is 0. The molecular formula is C59H104O6. The highest BCUT2D eigenvalue weighted by Crippen LogP contribution is 2.16. The van der Waals surface area contributed by atoms with Crippen molar-refractivity contribution < 1.29 is 28.6 Å². The first-order valence-corrected chi connectivity index (χ1v) is 27.8. The molecular weight excluding hydrogens is 805 g/mol. The van der Waals surface area contributed by atoms with Gasteiger partial charge in [0.15, 0.2) is 6.10 Å². The van der Waals surface area contributed by atoms with Gasteiger partial charge in [-0.1, -0.05) is 236 Å². The largest absolute Gasteiger partial charge is 0.462 e. The second-order valence-electron chi connectivity index (χ2n) is 18.5. The number of esters is 3. The number of hydrogen-bond acceptors (Lipinski definition) is 6. The summed E-state index contributed by atoms with van der Waals surface area (Å²) in [6.07, 6.45) is 66.3. The summed E-state index contributed by atoms with van der Waals surface area (Å²) >= 11 is 0. The Balaban J connectivity index is 4.43. The third-order valence-corrected chi connectivity index (χ3v) is 12.0. The Kier molecular flexibility index (Phi) is 51.3. The fourth-order valence-electron chi connectivity index (χ4n) is 7.84. The Bertz CT molecular complexity index is 1180. The van der Waals surface area contributed by atoms with Gasteiger partial charge >= 0.3 is 17.9 Å². The molecule has 6 heteroatoms. The SMILES string of the molecule is CC/C=C\C/C=C\C/C=C\C/C=C\CCCCCC(=O)OCC(COC(=O)CCCCCCCCCCCCCCCCC)OC(=O)CCCCCCC/C=C\CCCCCCCCC. The molecule has 0 aliphatic carbocycles. The van der Waals surface area contributed by atoms with Crippen molar-refractivity contribution in [3.63, 3.8) is 0 Å². The molecule has 0 bridgehead atoms. The van der Waals surface area contributed by atoms with Crippen LogP contribution in [0.25, 0.3) is 0 Å². The Morgan fingerprint density at radius 2 is 0.600 bits per heavy atom. The lowest BCUT2D eigenvalue weighted by atomic mass is 10.0. The Labute approximate surface area is 402 Å². The van der Waals surface area contributed by atoms with Gasteiger partial charge in [-0.25, -0.2) is 0 Å². The molecule has 0 radical (unpaired) electrons. The molecule has 0 aromatic heterocycles. The van der Waals surface area contributed by atoms with Crippen LogP contribution in [0.5, 0.6) is 0 Å². The van der Waals surface area contributed by atoms with E-state index in [2.05, 4.69) is 81.5 Å². The van der Waals surface area contributed by atoms with E-state index in [1.165, 1.54) is 135 Å². The maximum absolute atomic E-state index is 12.8. The van der Waals surface area contributed by atoms with Crippen LogP contribution in [-0.2, 0) is 28.6 Å². The van der Waals surface area contributed by atoms with Crippen molar-refractivity contribution in [3.8, 4) is 0 Å². The zero-order chi connectivity index (χ0) is 47.2. The quantitative estimate of drug-likeness (QED) is 0.0262. The van der Waals surface area contributed by atoms with Gasteiger partial charge in [0.1, 0.15) is 13.2 Å². The minimum atomic E-state index is -0.789. The fraction of sp³-hybridized carbons (Fsp3) is 0.780. The summed E-state index contributed by atoms with van der Waals surface area (Å²) in [6, 6.07) is 0. The molecule has 0 saturated carbocycles. The average Bonchev–Trinajstić information content (AvgIpc) is 3.30. The van der Waals surface area contributed by atoms with Crippen molar-refractivity contribution in [2.45, 2.75) is 284 Å². The van der Waals surface area contributed by atoms with E-state index in [1.54, 1.807) is 0 Å². The predicted molar refractivity (Wildman–Crippen MR) is 279 cm³/mol. The molecule has 376 valence electrons. The van der Waals surface area contributed by atoms with Crippen molar-refractivity contribution in [2.75, 3.05) is 13.2 Å². The van der Waals surface area contributed by atoms with Crippen LogP contribution < -0.4 is 0 Å². The number of rotatable bonds is 50.